The molecule has 90 valence electrons. The topological polar surface area (TPSA) is 3.88 Å². The summed E-state index contributed by atoms with van der Waals surface area (Å²) in [5.74, 6) is 0.993. The molecule has 1 aromatic rings. The average Bonchev–Trinajstić information content (AvgIpc) is 2.30. The number of aromatic nitrogens is 1. The van der Waals surface area contributed by atoms with Crippen molar-refractivity contribution in [2.75, 3.05) is 0 Å². The van der Waals surface area contributed by atoms with Crippen molar-refractivity contribution in [1.29, 1.82) is 0 Å². The van der Waals surface area contributed by atoms with E-state index in [9.17, 15) is 0 Å². The van der Waals surface area contributed by atoms with Gasteiger partial charge in [-0.25, -0.2) is 4.57 Å². The Morgan fingerprint density at radius 2 is 1.75 bits per heavy atom. The van der Waals surface area contributed by atoms with Crippen LogP contribution in [0.4, 0.5) is 0 Å². The second kappa shape index (κ2) is 7.05. The van der Waals surface area contributed by atoms with Gasteiger partial charge in [0.25, 0.3) is 0 Å². The molecule has 0 saturated heterocycles. The van der Waals surface area contributed by atoms with Gasteiger partial charge in [-0.1, -0.05) is 32.1 Å². The van der Waals surface area contributed by atoms with E-state index in [1.807, 2.05) is 0 Å². The molecule has 1 heterocycles. The number of nitrogens with zero attached hydrogens (tertiary/aromatic N) is 1. The lowest BCUT2D eigenvalue weighted by Gasteiger charge is -2.19. The van der Waals surface area contributed by atoms with Gasteiger partial charge < -0.3 is 17.0 Å². The highest BCUT2D eigenvalue weighted by molar-refractivity contribution is 5.03. The van der Waals surface area contributed by atoms with Gasteiger partial charge in [0.1, 0.15) is 6.54 Å². The van der Waals surface area contributed by atoms with Crippen molar-refractivity contribution in [3.8, 4) is 0 Å². The first kappa shape index (κ1) is 13.7. The van der Waals surface area contributed by atoms with E-state index < -0.39 is 0 Å². The fourth-order valence-electron chi connectivity index (χ4n) is 2.49. The standard InChI is InChI=1S/C14H22N.BrH/c1-13-7-10-15(11-8-13)12-9-14-5-3-2-4-6-14;/h7-8,10-11,14H,2-6,9,12H2,1H3;1H/q+1;/p-1. The molecule has 0 radical (unpaired) electrons. The van der Waals surface area contributed by atoms with Crippen LogP contribution in [-0.2, 0) is 6.54 Å². The fourth-order valence-corrected chi connectivity index (χ4v) is 2.49. The minimum absolute atomic E-state index is 0. The van der Waals surface area contributed by atoms with Crippen LogP contribution in [0.1, 0.15) is 44.1 Å². The number of hydrogen-bond acceptors (Lipinski definition) is 0. The smallest absolute Gasteiger partial charge is 0.169 e. The summed E-state index contributed by atoms with van der Waals surface area (Å²) in [6.07, 6.45) is 13.1. The molecule has 0 aromatic carbocycles. The molecule has 1 fully saturated rings. The SMILES string of the molecule is Cc1cc[n+](CCC2CCCCC2)cc1.[Br-]. The zero-order valence-corrected chi connectivity index (χ0v) is 11.7. The molecule has 1 aliphatic carbocycles. The Kier molecular flexibility index (Phi) is 6.04. The second-order valence-electron chi connectivity index (χ2n) is 4.91. The predicted molar refractivity (Wildman–Crippen MR) is 62.6 cm³/mol. The molecule has 2 rings (SSSR count). The summed E-state index contributed by atoms with van der Waals surface area (Å²) in [6.45, 7) is 3.34. The minimum atomic E-state index is 0. The van der Waals surface area contributed by atoms with Crippen molar-refractivity contribution in [3.05, 3.63) is 30.1 Å². The van der Waals surface area contributed by atoms with Gasteiger partial charge in [-0.2, -0.15) is 0 Å². The van der Waals surface area contributed by atoms with E-state index in [1.54, 1.807) is 0 Å². The van der Waals surface area contributed by atoms with Crippen LogP contribution in [0.2, 0.25) is 0 Å². The molecule has 1 aromatic heterocycles. The molecule has 0 N–H and O–H groups in total. The van der Waals surface area contributed by atoms with Crippen LogP contribution < -0.4 is 21.5 Å². The zero-order valence-electron chi connectivity index (χ0n) is 10.2. The van der Waals surface area contributed by atoms with Crippen molar-refractivity contribution in [3.63, 3.8) is 0 Å². The molecule has 0 bridgehead atoms. The van der Waals surface area contributed by atoms with Gasteiger partial charge in [-0.15, -0.1) is 0 Å². The van der Waals surface area contributed by atoms with E-state index in [0.29, 0.717) is 0 Å². The number of halogens is 1. The molecule has 16 heavy (non-hydrogen) atoms. The summed E-state index contributed by atoms with van der Waals surface area (Å²) < 4.78 is 2.32. The number of pyridine rings is 1. The van der Waals surface area contributed by atoms with Gasteiger partial charge in [-0.05, 0) is 18.4 Å². The maximum atomic E-state index is 2.32. The van der Waals surface area contributed by atoms with Gasteiger partial charge in [0.05, 0.1) is 0 Å². The molecule has 0 atom stereocenters. The molecule has 2 heteroatoms. The van der Waals surface area contributed by atoms with Crippen LogP contribution >= 0.6 is 0 Å². The van der Waals surface area contributed by atoms with Gasteiger partial charge in [0.2, 0.25) is 0 Å². The maximum Gasteiger partial charge on any atom is 0.169 e. The van der Waals surface area contributed by atoms with Gasteiger partial charge in [0, 0.05) is 18.6 Å². The van der Waals surface area contributed by atoms with Crippen molar-refractivity contribution < 1.29 is 21.5 Å². The van der Waals surface area contributed by atoms with Gasteiger partial charge in [-0.3, -0.25) is 0 Å². The lowest BCUT2D eigenvalue weighted by molar-refractivity contribution is -0.698. The molecular weight excluding hydrogens is 262 g/mol. The zero-order chi connectivity index (χ0) is 10.5. The highest BCUT2D eigenvalue weighted by Gasteiger charge is 2.14. The predicted octanol–water partition coefficient (Wildman–Crippen LogP) is 0.257. The molecule has 1 nitrogen and oxygen atoms in total. The average molecular weight is 284 g/mol. The molecule has 1 aliphatic rings. The largest absolute Gasteiger partial charge is 1.00 e. The van der Waals surface area contributed by atoms with E-state index >= 15 is 0 Å². The quantitative estimate of drug-likeness (QED) is 0.701. The third kappa shape index (κ3) is 4.25. The van der Waals surface area contributed by atoms with Gasteiger partial charge in [0.15, 0.2) is 12.4 Å². The number of hydrogen-bond donors (Lipinski definition) is 0. The van der Waals surface area contributed by atoms with Crippen LogP contribution in [0, 0.1) is 12.8 Å². The molecule has 1 saturated carbocycles. The van der Waals surface area contributed by atoms with Crippen molar-refractivity contribution in [2.45, 2.75) is 52.0 Å². The van der Waals surface area contributed by atoms with E-state index in [1.165, 1.54) is 50.6 Å². The fraction of sp³-hybridized carbons (Fsp3) is 0.643. The van der Waals surface area contributed by atoms with Crippen LogP contribution in [0.15, 0.2) is 24.5 Å². The molecule has 0 spiro atoms. The summed E-state index contributed by atoms with van der Waals surface area (Å²) in [5.41, 5.74) is 1.35. The Hall–Kier alpha value is -0.370. The van der Waals surface area contributed by atoms with Crippen LogP contribution in [0.25, 0.3) is 0 Å². The summed E-state index contributed by atoms with van der Waals surface area (Å²) in [7, 11) is 0. The summed E-state index contributed by atoms with van der Waals surface area (Å²) in [6, 6.07) is 4.39. The summed E-state index contributed by atoms with van der Waals surface area (Å²) in [5, 5.41) is 0. The Bertz CT molecular complexity index is 288. The third-order valence-electron chi connectivity index (χ3n) is 3.58. The first-order chi connectivity index (χ1) is 7.34. The number of aryl methyl sites for hydroxylation is 2. The Morgan fingerprint density at radius 1 is 1.12 bits per heavy atom. The lowest BCUT2D eigenvalue weighted by Crippen LogP contribution is -3.00. The molecule has 0 amide bonds. The molecular formula is C14H22BrN. The summed E-state index contributed by atoms with van der Waals surface area (Å²) in [4.78, 5) is 0. The highest BCUT2D eigenvalue weighted by Crippen LogP contribution is 2.25. The van der Waals surface area contributed by atoms with Crippen LogP contribution in [-0.4, -0.2) is 0 Å². The Morgan fingerprint density at radius 3 is 2.38 bits per heavy atom. The number of rotatable bonds is 3. The molecule has 0 unspecified atom stereocenters. The van der Waals surface area contributed by atoms with E-state index in [-0.39, 0.29) is 17.0 Å². The second-order valence-corrected chi connectivity index (χ2v) is 4.91. The van der Waals surface area contributed by atoms with Crippen molar-refractivity contribution in [1.82, 2.24) is 0 Å². The van der Waals surface area contributed by atoms with Crippen LogP contribution in [0.3, 0.4) is 0 Å². The lowest BCUT2D eigenvalue weighted by atomic mass is 9.87. The van der Waals surface area contributed by atoms with Crippen LogP contribution in [0.5, 0.6) is 0 Å². The minimum Gasteiger partial charge on any atom is -1.00 e. The van der Waals surface area contributed by atoms with Gasteiger partial charge >= 0.3 is 0 Å². The maximum absolute atomic E-state index is 2.32. The first-order valence-electron chi connectivity index (χ1n) is 6.30. The van der Waals surface area contributed by atoms with Crippen molar-refractivity contribution >= 4 is 0 Å². The Balaban J connectivity index is 0.00000128. The monoisotopic (exact) mass is 283 g/mol. The first-order valence-corrected chi connectivity index (χ1v) is 6.30. The van der Waals surface area contributed by atoms with E-state index in [0.717, 1.165) is 5.92 Å². The third-order valence-corrected chi connectivity index (χ3v) is 3.58. The summed E-state index contributed by atoms with van der Waals surface area (Å²) >= 11 is 0. The Labute approximate surface area is 110 Å². The van der Waals surface area contributed by atoms with E-state index in [4.69, 9.17) is 0 Å². The normalized spacial score (nSPS) is 16.8. The highest BCUT2D eigenvalue weighted by atomic mass is 79.9. The van der Waals surface area contributed by atoms with Crippen molar-refractivity contribution in [2.24, 2.45) is 5.92 Å². The molecule has 0 aliphatic heterocycles. The van der Waals surface area contributed by atoms with E-state index in [2.05, 4.69) is 36.0 Å².